The number of nitrogens with zero attached hydrogens (tertiary/aromatic N) is 4. The van der Waals surface area contributed by atoms with Gasteiger partial charge in [0.05, 0.1) is 24.3 Å². The van der Waals surface area contributed by atoms with Crippen molar-refractivity contribution in [1.82, 2.24) is 15.0 Å². The molecule has 1 aromatic carbocycles. The molecule has 3 aliphatic rings. The Morgan fingerprint density at radius 1 is 0.964 bits per heavy atom. The van der Waals surface area contributed by atoms with Gasteiger partial charge in [-0.05, 0) is 55.3 Å². The summed E-state index contributed by atoms with van der Waals surface area (Å²) in [5.41, 5.74) is 1.64. The molecule has 1 aromatic heterocycles. The third kappa shape index (κ3) is 2.47. The second-order valence-corrected chi connectivity index (χ2v) is 7.31. The quantitative estimate of drug-likeness (QED) is 0.759. The van der Waals surface area contributed by atoms with Gasteiger partial charge in [-0.15, -0.1) is 0 Å². The summed E-state index contributed by atoms with van der Waals surface area (Å²) < 4.78 is 5.47. The maximum atomic E-state index is 13.4. The third-order valence-corrected chi connectivity index (χ3v) is 5.86. The zero-order chi connectivity index (χ0) is 19.3. The van der Waals surface area contributed by atoms with E-state index in [0.29, 0.717) is 12.3 Å². The number of pyridine rings is 1. The molecule has 3 aliphatic heterocycles. The molecule has 0 unspecified atom stereocenters. The molecule has 3 saturated heterocycles. The summed E-state index contributed by atoms with van der Waals surface area (Å²) in [6.45, 7) is 4.16. The summed E-state index contributed by atoms with van der Waals surface area (Å²) in [4.78, 5) is 32.2. The van der Waals surface area contributed by atoms with E-state index in [1.54, 1.807) is 36.7 Å². The minimum absolute atomic E-state index is 0.125. The van der Waals surface area contributed by atoms with Crippen LogP contribution >= 0.6 is 0 Å². The number of ether oxygens (including phenoxy) is 1. The molecule has 2 amide bonds. The average Bonchev–Trinajstić information content (AvgIpc) is 3.36. The minimum atomic E-state index is -0.431. The van der Waals surface area contributed by atoms with Crippen LogP contribution in [0, 0.1) is 5.92 Å². The predicted molar refractivity (Wildman–Crippen MR) is 102 cm³/mol. The molecule has 7 nitrogen and oxygen atoms in total. The number of aromatic nitrogens is 1. The van der Waals surface area contributed by atoms with Gasteiger partial charge in [-0.3, -0.25) is 14.6 Å². The van der Waals surface area contributed by atoms with E-state index in [4.69, 9.17) is 4.74 Å². The maximum absolute atomic E-state index is 13.4. The Labute approximate surface area is 163 Å². The molecule has 0 aliphatic carbocycles. The van der Waals surface area contributed by atoms with Gasteiger partial charge in [-0.1, -0.05) is 0 Å². The monoisotopic (exact) mass is 378 g/mol. The van der Waals surface area contributed by atoms with Crippen LogP contribution in [0.1, 0.15) is 24.9 Å². The third-order valence-electron chi connectivity index (χ3n) is 5.86. The van der Waals surface area contributed by atoms with Crippen LogP contribution < -0.4 is 9.64 Å². The van der Waals surface area contributed by atoms with Gasteiger partial charge >= 0.3 is 0 Å². The Balaban J connectivity index is 1.52. The molecule has 3 atom stereocenters. The highest BCUT2D eigenvalue weighted by Gasteiger charge is 2.62. The number of hydrogen-bond donors (Lipinski definition) is 0. The van der Waals surface area contributed by atoms with E-state index in [9.17, 15) is 9.59 Å². The molecule has 0 radical (unpaired) electrons. The van der Waals surface area contributed by atoms with Crippen LogP contribution in [0.5, 0.6) is 5.75 Å². The maximum Gasteiger partial charge on any atom is 0.253 e. The molecule has 0 bridgehead atoms. The second kappa shape index (κ2) is 6.68. The van der Waals surface area contributed by atoms with E-state index < -0.39 is 12.0 Å². The minimum Gasteiger partial charge on any atom is -0.494 e. The molecule has 0 N–H and O–H groups in total. The van der Waals surface area contributed by atoms with E-state index in [-0.39, 0.29) is 17.9 Å². The lowest BCUT2D eigenvalue weighted by Gasteiger charge is -2.29. The molecule has 5 rings (SSSR count). The SMILES string of the molecule is CCOc1ccc(N2C(=O)[C@H]3[C@@H](C2=O)N2CCCN2[C@H]3c2ccncc2)cc1. The Hall–Kier alpha value is -2.77. The van der Waals surface area contributed by atoms with Gasteiger partial charge < -0.3 is 4.74 Å². The van der Waals surface area contributed by atoms with Crippen molar-refractivity contribution in [3.05, 3.63) is 54.4 Å². The highest BCUT2D eigenvalue weighted by Crippen LogP contribution is 2.48. The van der Waals surface area contributed by atoms with Crippen LogP contribution in [0.2, 0.25) is 0 Å². The summed E-state index contributed by atoms with van der Waals surface area (Å²) in [6.07, 6.45) is 4.48. The normalized spacial score (nSPS) is 27.3. The summed E-state index contributed by atoms with van der Waals surface area (Å²) >= 11 is 0. The van der Waals surface area contributed by atoms with Gasteiger partial charge in [0.1, 0.15) is 11.8 Å². The molecular weight excluding hydrogens is 356 g/mol. The van der Waals surface area contributed by atoms with Crippen LogP contribution in [0.4, 0.5) is 5.69 Å². The predicted octanol–water partition coefficient (Wildman–Crippen LogP) is 2.02. The van der Waals surface area contributed by atoms with E-state index in [0.717, 1.165) is 30.8 Å². The van der Waals surface area contributed by atoms with E-state index in [1.807, 2.05) is 19.1 Å². The number of hydrogen-bond acceptors (Lipinski definition) is 6. The van der Waals surface area contributed by atoms with Crippen LogP contribution in [0.15, 0.2) is 48.8 Å². The summed E-state index contributed by atoms with van der Waals surface area (Å²) in [6, 6.07) is 10.5. The van der Waals surface area contributed by atoms with Gasteiger partial charge in [-0.2, -0.15) is 0 Å². The number of rotatable bonds is 4. The van der Waals surface area contributed by atoms with E-state index >= 15 is 0 Å². The first kappa shape index (κ1) is 17.3. The van der Waals surface area contributed by atoms with Gasteiger partial charge in [0, 0.05) is 25.5 Å². The first-order chi connectivity index (χ1) is 13.7. The van der Waals surface area contributed by atoms with Crippen molar-refractivity contribution in [2.75, 3.05) is 24.6 Å². The first-order valence-corrected chi connectivity index (χ1v) is 9.74. The standard InChI is InChI=1S/C21H22N4O3/c1-2-28-16-6-4-15(5-7-16)25-20(26)17-18(14-8-10-22-11-9-14)23-12-3-13-24(23)19(17)21(25)27/h4-11,17-19H,2-3,12-13H2,1H3/t17-,18+,19+/m1/s1. The number of carbonyl (C=O) groups is 2. The van der Waals surface area contributed by atoms with Gasteiger partial charge in [0.25, 0.3) is 5.91 Å². The zero-order valence-corrected chi connectivity index (χ0v) is 15.7. The molecular formula is C21H22N4O3. The molecule has 28 heavy (non-hydrogen) atoms. The van der Waals surface area contributed by atoms with Crippen LogP contribution in [-0.4, -0.2) is 52.6 Å². The van der Waals surface area contributed by atoms with Crippen molar-refractivity contribution in [3.63, 3.8) is 0 Å². The number of benzene rings is 1. The fraction of sp³-hybridized carbons (Fsp3) is 0.381. The van der Waals surface area contributed by atoms with Gasteiger partial charge in [0.15, 0.2) is 0 Å². The number of carbonyl (C=O) groups excluding carboxylic acids is 2. The number of amides is 2. The van der Waals surface area contributed by atoms with Gasteiger partial charge in [-0.25, -0.2) is 14.9 Å². The summed E-state index contributed by atoms with van der Waals surface area (Å²) in [5.74, 6) is 0.0608. The number of anilines is 1. The second-order valence-electron chi connectivity index (χ2n) is 7.31. The van der Waals surface area contributed by atoms with E-state index in [1.165, 1.54) is 4.90 Å². The molecule has 7 heteroatoms. The van der Waals surface area contributed by atoms with Crippen molar-refractivity contribution < 1.29 is 14.3 Å². The highest BCUT2D eigenvalue weighted by atomic mass is 16.5. The highest BCUT2D eigenvalue weighted by molar-refractivity contribution is 6.24. The molecule has 144 valence electrons. The molecule has 0 saturated carbocycles. The average molecular weight is 378 g/mol. The number of imide groups is 1. The largest absolute Gasteiger partial charge is 0.494 e. The van der Waals surface area contributed by atoms with Crippen molar-refractivity contribution >= 4 is 17.5 Å². The Bertz CT molecular complexity index is 902. The van der Waals surface area contributed by atoms with Gasteiger partial charge in [0.2, 0.25) is 5.91 Å². The van der Waals surface area contributed by atoms with Crippen LogP contribution in [0.3, 0.4) is 0 Å². The molecule has 2 aromatic rings. The molecule has 4 heterocycles. The zero-order valence-electron chi connectivity index (χ0n) is 15.7. The topological polar surface area (TPSA) is 66.0 Å². The Kier molecular flexibility index (Phi) is 4.14. The smallest absolute Gasteiger partial charge is 0.253 e. The van der Waals surface area contributed by atoms with Crippen molar-refractivity contribution in [3.8, 4) is 5.75 Å². The molecule has 0 spiro atoms. The lowest BCUT2D eigenvalue weighted by atomic mass is 9.90. The van der Waals surface area contributed by atoms with Crippen molar-refractivity contribution in [1.29, 1.82) is 0 Å². The Morgan fingerprint density at radius 2 is 1.64 bits per heavy atom. The van der Waals surface area contributed by atoms with Crippen LogP contribution in [-0.2, 0) is 9.59 Å². The fourth-order valence-corrected chi connectivity index (χ4v) is 4.79. The number of fused-ring (bicyclic) bond motifs is 3. The summed E-state index contributed by atoms with van der Waals surface area (Å²) in [7, 11) is 0. The fourth-order valence-electron chi connectivity index (χ4n) is 4.79. The number of hydrazine groups is 1. The van der Waals surface area contributed by atoms with Crippen molar-refractivity contribution in [2.24, 2.45) is 5.92 Å². The lowest BCUT2D eigenvalue weighted by molar-refractivity contribution is -0.126. The Morgan fingerprint density at radius 3 is 2.32 bits per heavy atom. The summed E-state index contributed by atoms with van der Waals surface area (Å²) in [5, 5.41) is 4.31. The first-order valence-electron chi connectivity index (χ1n) is 9.74. The van der Waals surface area contributed by atoms with Crippen LogP contribution in [0.25, 0.3) is 0 Å². The molecule has 3 fully saturated rings. The van der Waals surface area contributed by atoms with Crippen molar-refractivity contribution in [2.45, 2.75) is 25.4 Å². The lowest BCUT2D eigenvalue weighted by Crippen LogP contribution is -2.44. The van der Waals surface area contributed by atoms with E-state index in [2.05, 4.69) is 15.0 Å².